The number of piperidine rings is 1. The number of hydrogen-bond donors (Lipinski definition) is 2. The van der Waals surface area contributed by atoms with Crippen molar-refractivity contribution < 1.29 is 4.79 Å². The van der Waals surface area contributed by atoms with Crippen LogP contribution in [0.1, 0.15) is 68.1 Å². The lowest BCUT2D eigenvalue weighted by molar-refractivity contribution is -0.116. The number of rotatable bonds is 3. The van der Waals surface area contributed by atoms with Gasteiger partial charge in [-0.1, -0.05) is 31.2 Å². The average Bonchev–Trinajstić information content (AvgIpc) is 2.78. The van der Waals surface area contributed by atoms with E-state index in [9.17, 15) is 4.79 Å². The zero-order valence-corrected chi connectivity index (χ0v) is 17.6. The Morgan fingerprint density at radius 2 is 1.83 bits per heavy atom. The summed E-state index contributed by atoms with van der Waals surface area (Å²) in [6.45, 7) is 4.08. The van der Waals surface area contributed by atoms with Crippen molar-refractivity contribution in [3.63, 3.8) is 0 Å². The molecule has 5 rings (SSSR count). The molecule has 1 atom stereocenters. The molecule has 1 aromatic carbocycles. The molecule has 6 nitrogen and oxygen atoms in total. The number of fused-ring (bicyclic) bond motifs is 1. The molecule has 0 bridgehead atoms. The number of anilines is 3. The topological polar surface area (TPSA) is 84.1 Å². The van der Waals surface area contributed by atoms with E-state index in [1.165, 1.54) is 12.0 Å². The first-order valence-corrected chi connectivity index (χ1v) is 11.2. The van der Waals surface area contributed by atoms with Crippen molar-refractivity contribution in [2.75, 3.05) is 29.0 Å². The molecule has 0 saturated carbocycles. The van der Waals surface area contributed by atoms with Gasteiger partial charge in [-0.05, 0) is 49.7 Å². The quantitative estimate of drug-likeness (QED) is 0.800. The van der Waals surface area contributed by atoms with E-state index in [1.54, 1.807) is 0 Å². The van der Waals surface area contributed by atoms with E-state index in [0.717, 1.165) is 73.4 Å². The van der Waals surface area contributed by atoms with E-state index in [2.05, 4.69) is 41.4 Å². The SMILES string of the molecule is CCc1ccc([C@H]2C3=C(CCCC3=O)Nc3nc(N4CCCCC4)nc(N)c32)cc1. The third kappa shape index (κ3) is 3.24. The van der Waals surface area contributed by atoms with Crippen molar-refractivity contribution in [2.45, 2.75) is 57.8 Å². The molecule has 3 aliphatic rings. The first-order valence-electron chi connectivity index (χ1n) is 11.2. The first-order chi connectivity index (χ1) is 14.7. The molecule has 1 saturated heterocycles. The summed E-state index contributed by atoms with van der Waals surface area (Å²) >= 11 is 0. The molecule has 1 aliphatic carbocycles. The minimum atomic E-state index is -0.203. The minimum Gasteiger partial charge on any atom is -0.383 e. The number of hydrogen-bond acceptors (Lipinski definition) is 6. The summed E-state index contributed by atoms with van der Waals surface area (Å²) in [5, 5.41) is 3.47. The van der Waals surface area contributed by atoms with Gasteiger partial charge in [0.05, 0.1) is 0 Å². The molecule has 0 unspecified atom stereocenters. The maximum Gasteiger partial charge on any atom is 0.229 e. The number of nitrogen functional groups attached to an aromatic ring is 1. The van der Waals surface area contributed by atoms with Gasteiger partial charge in [0.2, 0.25) is 5.95 Å². The van der Waals surface area contributed by atoms with Gasteiger partial charge in [-0.25, -0.2) is 0 Å². The summed E-state index contributed by atoms with van der Waals surface area (Å²) in [6, 6.07) is 8.54. The van der Waals surface area contributed by atoms with Crippen LogP contribution in [0.2, 0.25) is 0 Å². The van der Waals surface area contributed by atoms with Crippen molar-refractivity contribution in [3.05, 3.63) is 52.2 Å². The molecule has 0 spiro atoms. The Morgan fingerprint density at radius 1 is 1.07 bits per heavy atom. The highest BCUT2D eigenvalue weighted by molar-refractivity contribution is 6.01. The lowest BCUT2D eigenvalue weighted by Gasteiger charge is -2.35. The summed E-state index contributed by atoms with van der Waals surface area (Å²) in [5.74, 6) is 1.94. The van der Waals surface area contributed by atoms with Crippen molar-refractivity contribution >= 4 is 23.4 Å². The molecule has 156 valence electrons. The van der Waals surface area contributed by atoms with Crippen LogP contribution in [-0.2, 0) is 11.2 Å². The van der Waals surface area contributed by atoms with Gasteiger partial charge in [0.15, 0.2) is 5.78 Å². The van der Waals surface area contributed by atoms with Crippen molar-refractivity contribution in [2.24, 2.45) is 0 Å². The van der Waals surface area contributed by atoms with Crippen LogP contribution in [0.3, 0.4) is 0 Å². The standard InChI is InChI=1S/C24H29N5O/c1-2-15-9-11-16(12-10-15)19-20-17(7-6-8-18(20)30)26-23-21(19)22(25)27-24(28-23)29-13-4-3-5-14-29/h9-12,19H,2-8,13-14H2,1H3,(H3,25,26,27,28)/t19-/m0/s1. The van der Waals surface area contributed by atoms with Gasteiger partial charge < -0.3 is 16.0 Å². The fourth-order valence-corrected chi connectivity index (χ4v) is 4.98. The number of ketones is 1. The van der Waals surface area contributed by atoms with Crippen LogP contribution in [0.5, 0.6) is 0 Å². The Kier molecular flexibility index (Phi) is 4.93. The van der Waals surface area contributed by atoms with Crippen LogP contribution in [-0.4, -0.2) is 28.8 Å². The third-order valence-corrected chi connectivity index (χ3v) is 6.63. The summed E-state index contributed by atoms with van der Waals surface area (Å²) in [5.41, 5.74) is 11.6. The molecule has 2 aliphatic heterocycles. The normalized spacial score (nSPS) is 21.2. The Hall–Kier alpha value is -2.89. The number of nitrogens with one attached hydrogen (secondary N) is 1. The summed E-state index contributed by atoms with van der Waals surface area (Å²) in [7, 11) is 0. The number of carbonyl (C=O) groups is 1. The van der Waals surface area contributed by atoms with E-state index in [1.807, 2.05) is 0 Å². The minimum absolute atomic E-state index is 0.203. The van der Waals surface area contributed by atoms with E-state index < -0.39 is 0 Å². The maximum absolute atomic E-state index is 13.0. The fraction of sp³-hybridized carbons (Fsp3) is 0.458. The molecule has 0 amide bonds. The lowest BCUT2D eigenvalue weighted by Crippen LogP contribution is -2.33. The number of nitrogens with zero attached hydrogens (tertiary/aromatic N) is 3. The number of aromatic nitrogens is 2. The smallest absolute Gasteiger partial charge is 0.229 e. The third-order valence-electron chi connectivity index (χ3n) is 6.63. The summed E-state index contributed by atoms with van der Waals surface area (Å²) in [6.07, 6.45) is 6.89. The van der Waals surface area contributed by atoms with Gasteiger partial charge >= 0.3 is 0 Å². The van der Waals surface area contributed by atoms with Gasteiger partial charge in [0, 0.05) is 42.3 Å². The van der Waals surface area contributed by atoms with E-state index in [-0.39, 0.29) is 11.7 Å². The second-order valence-electron chi connectivity index (χ2n) is 8.54. The zero-order chi connectivity index (χ0) is 20.7. The number of aryl methyl sites for hydroxylation is 1. The molecule has 1 fully saturated rings. The largest absolute Gasteiger partial charge is 0.383 e. The van der Waals surface area contributed by atoms with Gasteiger partial charge in [0.1, 0.15) is 11.6 Å². The van der Waals surface area contributed by atoms with Crippen LogP contribution < -0.4 is 16.0 Å². The molecule has 30 heavy (non-hydrogen) atoms. The Balaban J connectivity index is 1.64. The van der Waals surface area contributed by atoms with Crippen molar-refractivity contribution in [3.8, 4) is 0 Å². The molecule has 1 aromatic heterocycles. The van der Waals surface area contributed by atoms with E-state index in [0.29, 0.717) is 18.2 Å². The summed E-state index contributed by atoms with van der Waals surface area (Å²) < 4.78 is 0. The molecule has 2 aromatic rings. The van der Waals surface area contributed by atoms with Gasteiger partial charge in [-0.3, -0.25) is 4.79 Å². The van der Waals surface area contributed by atoms with Crippen LogP contribution in [0.15, 0.2) is 35.5 Å². The van der Waals surface area contributed by atoms with Crippen LogP contribution in [0, 0.1) is 0 Å². The second-order valence-corrected chi connectivity index (χ2v) is 8.54. The molecule has 6 heteroatoms. The molecular weight excluding hydrogens is 374 g/mol. The Labute approximate surface area is 177 Å². The van der Waals surface area contributed by atoms with Crippen LogP contribution >= 0.6 is 0 Å². The Morgan fingerprint density at radius 3 is 2.57 bits per heavy atom. The van der Waals surface area contributed by atoms with Crippen molar-refractivity contribution in [1.29, 1.82) is 0 Å². The number of Topliss-reactive ketones (excluding diaryl/α,β-unsaturated/α-hetero) is 1. The second kappa shape index (κ2) is 7.74. The fourth-order valence-electron chi connectivity index (χ4n) is 4.98. The predicted octanol–water partition coefficient (Wildman–Crippen LogP) is 4.18. The van der Waals surface area contributed by atoms with Gasteiger partial charge in [-0.2, -0.15) is 9.97 Å². The maximum atomic E-state index is 13.0. The predicted molar refractivity (Wildman–Crippen MR) is 120 cm³/mol. The summed E-state index contributed by atoms with van der Waals surface area (Å²) in [4.78, 5) is 24.8. The highest BCUT2D eigenvalue weighted by atomic mass is 16.1. The molecular formula is C24H29N5O. The van der Waals surface area contributed by atoms with Crippen molar-refractivity contribution in [1.82, 2.24) is 9.97 Å². The van der Waals surface area contributed by atoms with Gasteiger partial charge in [-0.15, -0.1) is 0 Å². The highest BCUT2D eigenvalue weighted by Gasteiger charge is 2.38. The number of nitrogens with two attached hydrogens (primary N) is 1. The zero-order valence-electron chi connectivity index (χ0n) is 17.6. The average molecular weight is 404 g/mol. The monoisotopic (exact) mass is 403 g/mol. The number of carbonyl (C=O) groups excluding carboxylic acids is 1. The molecule has 3 heterocycles. The van der Waals surface area contributed by atoms with E-state index in [4.69, 9.17) is 15.7 Å². The molecule has 3 N–H and O–H groups in total. The lowest BCUT2D eigenvalue weighted by atomic mass is 9.76. The highest BCUT2D eigenvalue weighted by Crippen LogP contribution is 2.47. The van der Waals surface area contributed by atoms with Crippen LogP contribution in [0.4, 0.5) is 17.6 Å². The number of allylic oxidation sites excluding steroid dienone is 2. The van der Waals surface area contributed by atoms with Gasteiger partial charge in [0.25, 0.3) is 0 Å². The number of benzene rings is 1. The van der Waals surface area contributed by atoms with Crippen LogP contribution in [0.25, 0.3) is 0 Å². The first kappa shape index (κ1) is 19.1. The molecule has 0 radical (unpaired) electrons. The Bertz CT molecular complexity index is 1010. The van der Waals surface area contributed by atoms with E-state index >= 15 is 0 Å².